The van der Waals surface area contributed by atoms with Gasteiger partial charge < -0.3 is 0 Å². The quantitative estimate of drug-likeness (QED) is 0.378. The van der Waals surface area contributed by atoms with Crippen LogP contribution in [0, 0.1) is 0 Å². The van der Waals surface area contributed by atoms with Crippen LogP contribution < -0.4 is 0 Å². The van der Waals surface area contributed by atoms with Gasteiger partial charge in [0.1, 0.15) is 0 Å². The van der Waals surface area contributed by atoms with Crippen molar-refractivity contribution < 1.29 is 0 Å². The molecule has 0 aliphatic carbocycles. The minimum absolute atomic E-state index is 0.575. The van der Waals surface area contributed by atoms with Crippen LogP contribution in [0.4, 0.5) is 0 Å². The predicted molar refractivity (Wildman–Crippen MR) is 59.8 cm³/mol. The third-order valence-corrected chi connectivity index (χ3v) is 112. The Morgan fingerprint density at radius 2 is 1.57 bits per heavy atom. The number of hydrogen-bond donors (Lipinski definition) is 0. The molecule has 0 aromatic carbocycles. The van der Waals surface area contributed by atoms with Crippen LogP contribution >= 0.6 is 0 Å². The van der Waals surface area contributed by atoms with E-state index in [9.17, 15) is 0 Å². The van der Waals surface area contributed by atoms with Crippen molar-refractivity contribution in [3.63, 3.8) is 0 Å². The molecule has 0 saturated heterocycles. The number of rotatable bonds is 1. The highest BCUT2D eigenvalue weighted by atomic mass is 30.0. The van der Waals surface area contributed by atoms with Gasteiger partial charge in [0, 0.05) is 37.8 Å². The molecule has 0 bridgehead atoms. The van der Waals surface area contributed by atoms with Gasteiger partial charge in [-0.15, -0.1) is 0 Å². The van der Waals surface area contributed by atoms with E-state index in [-0.39, 0.29) is 0 Å². The second-order valence-corrected chi connectivity index (χ2v) is 57.6. The van der Waals surface area contributed by atoms with Crippen LogP contribution in [0.5, 0.6) is 0 Å². The molecule has 0 unspecified atom stereocenters. The summed E-state index contributed by atoms with van der Waals surface area (Å²) in [5.74, 6) is 0. The molecule has 0 aromatic heterocycles. The Morgan fingerprint density at radius 1 is 1.14 bits per heavy atom. The molecule has 0 aromatic rings. The lowest BCUT2D eigenvalue weighted by atomic mass is 26.2. The van der Waals surface area contributed by atoms with Gasteiger partial charge in [-0.25, -0.2) is 0 Å². The highest BCUT2D eigenvalue weighted by molar-refractivity contribution is 7.64. The molecule has 0 radical (unpaired) electrons. The fourth-order valence-electron chi connectivity index (χ4n) is 0.354. The first-order valence-corrected chi connectivity index (χ1v) is 25.3. The van der Waals surface area contributed by atoms with E-state index in [4.69, 9.17) is 0 Å². The molecule has 0 saturated carbocycles. The highest BCUT2D eigenvalue weighted by Crippen LogP contribution is 1.50. The summed E-state index contributed by atoms with van der Waals surface area (Å²) in [6, 6.07) is 0. The molecule has 0 spiro atoms. The molecule has 7 heteroatoms. The first-order chi connectivity index (χ1) is 3.18. The highest BCUT2D eigenvalue weighted by Gasteiger charge is 1.86. The third-order valence-electron chi connectivity index (χ3n) is 1.38. The zero-order chi connectivity index (χ0) is 5.86. The Hall–Kier alpha value is 1.52. The van der Waals surface area contributed by atoms with Crippen molar-refractivity contribution >= 4 is 61.4 Å². The minimum Gasteiger partial charge on any atom is -0.0571 e. The maximum absolute atomic E-state index is 1.69. The van der Waals surface area contributed by atoms with E-state index in [0.717, 1.165) is 0 Å². The standard InChI is InChI=1S/H14Si7/c1-5-7(4)6(2)3/h5H2,1-4H3. The van der Waals surface area contributed by atoms with Crippen LogP contribution in [-0.2, 0) is 0 Å². The molecule has 0 N–H and O–H groups in total. The van der Waals surface area contributed by atoms with Gasteiger partial charge in [0.15, 0.2) is 0 Å². The van der Waals surface area contributed by atoms with E-state index in [1.165, 1.54) is 0 Å². The Morgan fingerprint density at radius 3 is 1.57 bits per heavy atom. The van der Waals surface area contributed by atoms with E-state index >= 15 is 0 Å². The van der Waals surface area contributed by atoms with E-state index in [1.807, 2.05) is 0 Å². The second-order valence-electron chi connectivity index (χ2n) is 2.13. The second kappa shape index (κ2) is 4.40. The fraction of sp³-hybridized carbons (Fsp3) is 0. The van der Waals surface area contributed by atoms with Gasteiger partial charge in [0.25, 0.3) is 0 Å². The lowest BCUT2D eigenvalue weighted by Gasteiger charge is -1.91. The first kappa shape index (κ1) is 8.52. The smallest absolute Gasteiger partial charge is 0.00789 e. The summed E-state index contributed by atoms with van der Waals surface area (Å²) in [5, 5.41) is 0. The Balaban J connectivity index is 3.72. The summed E-state index contributed by atoms with van der Waals surface area (Å²) < 4.78 is 0. The van der Waals surface area contributed by atoms with Crippen molar-refractivity contribution in [2.24, 2.45) is 0 Å². The predicted octanol–water partition coefficient (Wildman–Crippen LogP) is -6.41. The summed E-state index contributed by atoms with van der Waals surface area (Å²) >= 11 is 0. The summed E-state index contributed by atoms with van der Waals surface area (Å²) in [4.78, 5) is 0. The maximum atomic E-state index is 1.69. The van der Waals surface area contributed by atoms with Crippen LogP contribution in [0.3, 0.4) is 0 Å². The molecule has 0 aliphatic heterocycles. The van der Waals surface area contributed by atoms with Crippen LogP contribution in [0.15, 0.2) is 0 Å². The first-order valence-electron chi connectivity index (χ1n) is 2.81. The molecule has 0 amide bonds. The largest absolute Gasteiger partial charge is 0.0571 e. The van der Waals surface area contributed by atoms with Gasteiger partial charge in [-0.3, -0.25) is 0 Å². The summed E-state index contributed by atoms with van der Waals surface area (Å²) in [5.41, 5.74) is 0. The molecule has 42 valence electrons. The molecular formula is H14Si7. The molecule has 0 heterocycles. The lowest BCUT2D eigenvalue weighted by molar-refractivity contribution is 3.87. The van der Waals surface area contributed by atoms with Crippen molar-refractivity contribution in [2.45, 2.75) is 0 Å². The van der Waals surface area contributed by atoms with Gasteiger partial charge in [-0.05, 0) is 9.76 Å². The average molecular weight is 211 g/mol. The van der Waals surface area contributed by atoms with Crippen molar-refractivity contribution in [3.8, 4) is 0 Å². The molecule has 0 fully saturated rings. The minimum atomic E-state index is 0.575. The Bertz CT molecular complexity index is 74.0. The monoisotopic (exact) mass is 210 g/mol. The van der Waals surface area contributed by atoms with E-state index < -0.39 is 0 Å². The SMILES string of the molecule is [SiH3][SiH2][Si]([SiH3])=[Si]([SiH3])[SiH3]. The van der Waals surface area contributed by atoms with Gasteiger partial charge in [0.05, 0.1) is 0 Å². The Labute approximate surface area is 61.5 Å². The lowest BCUT2D eigenvalue weighted by Crippen LogP contribution is -2.26. The van der Waals surface area contributed by atoms with Crippen molar-refractivity contribution in [3.05, 3.63) is 0 Å². The van der Waals surface area contributed by atoms with Crippen LogP contribution in [0.1, 0.15) is 0 Å². The molecule has 0 atom stereocenters. The van der Waals surface area contributed by atoms with Crippen molar-refractivity contribution in [1.29, 1.82) is 0 Å². The zero-order valence-electron chi connectivity index (χ0n) is 5.71. The van der Waals surface area contributed by atoms with E-state index in [1.54, 1.807) is 39.0 Å². The summed E-state index contributed by atoms with van der Waals surface area (Å²) in [6.07, 6.45) is 0. The normalized spacial score (nSPS) is 12.0. The maximum Gasteiger partial charge on any atom is 0.00789 e. The van der Waals surface area contributed by atoms with E-state index in [2.05, 4.69) is 0 Å². The summed E-state index contributed by atoms with van der Waals surface area (Å²) in [7, 11) is 7.38. The molecular weight excluding hydrogens is 197 g/mol. The molecule has 0 rings (SSSR count). The molecule has 0 aliphatic rings. The van der Waals surface area contributed by atoms with Gasteiger partial charge in [-0.1, -0.05) is 13.9 Å². The zero-order valence-corrected chi connectivity index (χ0v) is 17.1. The molecule has 0 nitrogen and oxygen atoms in total. The van der Waals surface area contributed by atoms with E-state index in [0.29, 0.717) is 22.4 Å². The van der Waals surface area contributed by atoms with Crippen molar-refractivity contribution in [2.75, 3.05) is 0 Å². The van der Waals surface area contributed by atoms with Crippen LogP contribution in [-0.4, -0.2) is 61.4 Å². The third kappa shape index (κ3) is 4.05. The van der Waals surface area contributed by atoms with Crippen LogP contribution in [0.2, 0.25) is 0 Å². The van der Waals surface area contributed by atoms with Gasteiger partial charge >= 0.3 is 0 Å². The topological polar surface area (TPSA) is 0 Å². The van der Waals surface area contributed by atoms with Crippen molar-refractivity contribution in [1.82, 2.24) is 0 Å². The van der Waals surface area contributed by atoms with Gasteiger partial charge in [0.2, 0.25) is 0 Å². The fourth-order valence-corrected chi connectivity index (χ4v) is 85.9. The summed E-state index contributed by atoms with van der Waals surface area (Å²) in [6.45, 7) is 1.19. The van der Waals surface area contributed by atoms with Gasteiger partial charge in [-0.2, -0.15) is 0 Å². The van der Waals surface area contributed by atoms with Crippen LogP contribution in [0.25, 0.3) is 0 Å². The number of hydrogen-bond acceptors (Lipinski definition) is 0. The molecule has 7 heavy (non-hydrogen) atoms. The average Bonchev–Trinajstić information content (AvgIpc) is 1.65. The Kier molecular flexibility index (Phi) is 5.36.